The van der Waals surface area contributed by atoms with Gasteiger partial charge in [0.25, 0.3) is 0 Å². The fourth-order valence-corrected chi connectivity index (χ4v) is 2.86. The SMILES string of the molecule is OC1CCCCCC1NCc1c(F)ccc(Br)c1F. The van der Waals surface area contributed by atoms with Crippen LogP contribution in [0.3, 0.4) is 0 Å². The van der Waals surface area contributed by atoms with Crippen molar-refractivity contribution in [2.75, 3.05) is 0 Å². The molecule has 1 fully saturated rings. The Morgan fingerprint density at radius 2 is 1.95 bits per heavy atom. The first kappa shape index (κ1) is 14.9. The number of rotatable bonds is 3. The van der Waals surface area contributed by atoms with Crippen LogP contribution in [0.4, 0.5) is 8.78 Å². The molecule has 106 valence electrons. The Hall–Kier alpha value is -0.520. The summed E-state index contributed by atoms with van der Waals surface area (Å²) in [6.45, 7) is 0.0961. The lowest BCUT2D eigenvalue weighted by atomic mass is 10.1. The molecule has 5 heteroatoms. The van der Waals surface area contributed by atoms with Crippen molar-refractivity contribution >= 4 is 15.9 Å². The van der Waals surface area contributed by atoms with Gasteiger partial charge >= 0.3 is 0 Å². The summed E-state index contributed by atoms with van der Waals surface area (Å²) in [6.07, 6.45) is 4.33. The van der Waals surface area contributed by atoms with Crippen molar-refractivity contribution in [3.8, 4) is 0 Å². The van der Waals surface area contributed by atoms with Gasteiger partial charge in [-0.2, -0.15) is 0 Å². The monoisotopic (exact) mass is 333 g/mol. The van der Waals surface area contributed by atoms with E-state index in [1.165, 1.54) is 12.1 Å². The van der Waals surface area contributed by atoms with E-state index in [1.54, 1.807) is 0 Å². The normalized spacial score (nSPS) is 24.2. The molecule has 2 unspecified atom stereocenters. The van der Waals surface area contributed by atoms with Gasteiger partial charge in [-0.25, -0.2) is 8.78 Å². The maximum atomic E-state index is 13.8. The summed E-state index contributed by atoms with van der Waals surface area (Å²) in [6, 6.07) is 2.52. The number of aliphatic hydroxyl groups excluding tert-OH is 1. The molecule has 0 amide bonds. The Bertz CT molecular complexity index is 442. The molecule has 0 radical (unpaired) electrons. The molecule has 0 bridgehead atoms. The molecular weight excluding hydrogens is 316 g/mol. The van der Waals surface area contributed by atoms with E-state index in [2.05, 4.69) is 21.2 Å². The van der Waals surface area contributed by atoms with Crippen LogP contribution in [0.25, 0.3) is 0 Å². The highest BCUT2D eigenvalue weighted by Gasteiger charge is 2.22. The summed E-state index contributed by atoms with van der Waals surface area (Å²) in [5.74, 6) is -1.13. The van der Waals surface area contributed by atoms with Gasteiger partial charge in [0.05, 0.1) is 10.6 Å². The first-order chi connectivity index (χ1) is 9.09. The minimum atomic E-state index is -0.574. The highest BCUT2D eigenvalue weighted by Crippen LogP contribution is 2.23. The van der Waals surface area contributed by atoms with E-state index in [-0.39, 0.29) is 22.6 Å². The topological polar surface area (TPSA) is 32.3 Å². The molecule has 2 rings (SSSR count). The smallest absolute Gasteiger partial charge is 0.144 e. The second-order valence-electron chi connectivity index (χ2n) is 5.01. The van der Waals surface area contributed by atoms with Crippen LogP contribution in [0, 0.1) is 11.6 Å². The molecule has 19 heavy (non-hydrogen) atoms. The zero-order valence-electron chi connectivity index (χ0n) is 10.6. The molecule has 0 spiro atoms. The second kappa shape index (κ2) is 6.77. The van der Waals surface area contributed by atoms with Gasteiger partial charge in [-0.3, -0.25) is 0 Å². The number of hydrogen-bond acceptors (Lipinski definition) is 2. The average Bonchev–Trinajstić information content (AvgIpc) is 2.59. The molecule has 0 aromatic heterocycles. The lowest BCUT2D eigenvalue weighted by molar-refractivity contribution is 0.119. The molecule has 0 saturated heterocycles. The Kier molecular flexibility index (Phi) is 5.30. The summed E-state index contributed by atoms with van der Waals surface area (Å²) in [5, 5.41) is 13.0. The molecule has 0 heterocycles. The average molecular weight is 334 g/mol. The van der Waals surface area contributed by atoms with Crippen molar-refractivity contribution in [3.05, 3.63) is 33.8 Å². The van der Waals surface area contributed by atoms with Crippen molar-refractivity contribution in [2.45, 2.75) is 50.8 Å². The lowest BCUT2D eigenvalue weighted by Crippen LogP contribution is -2.39. The fourth-order valence-electron chi connectivity index (χ4n) is 2.49. The molecule has 1 aromatic rings. The summed E-state index contributed by atoms with van der Waals surface area (Å²) < 4.78 is 27.7. The maximum Gasteiger partial charge on any atom is 0.144 e. The Labute approximate surface area is 120 Å². The molecule has 1 aliphatic rings. The first-order valence-electron chi connectivity index (χ1n) is 6.63. The number of aliphatic hydroxyl groups is 1. The minimum Gasteiger partial charge on any atom is -0.392 e. The van der Waals surface area contributed by atoms with E-state index in [1.807, 2.05) is 0 Å². The molecule has 2 atom stereocenters. The molecule has 1 aromatic carbocycles. The molecular formula is C14H18BrF2NO. The van der Waals surface area contributed by atoms with Gasteiger partial charge in [-0.1, -0.05) is 19.3 Å². The fraction of sp³-hybridized carbons (Fsp3) is 0.571. The van der Waals surface area contributed by atoms with Crippen LogP contribution in [-0.4, -0.2) is 17.3 Å². The zero-order chi connectivity index (χ0) is 13.8. The molecule has 2 nitrogen and oxygen atoms in total. The van der Waals surface area contributed by atoms with Gasteiger partial charge in [-0.05, 0) is 40.9 Å². The van der Waals surface area contributed by atoms with Crippen molar-refractivity contribution in [1.82, 2.24) is 5.32 Å². The Morgan fingerprint density at radius 1 is 1.21 bits per heavy atom. The number of benzene rings is 1. The van der Waals surface area contributed by atoms with Crippen molar-refractivity contribution in [1.29, 1.82) is 0 Å². The number of nitrogens with one attached hydrogen (secondary N) is 1. The molecule has 0 aliphatic heterocycles. The zero-order valence-corrected chi connectivity index (χ0v) is 12.2. The van der Waals surface area contributed by atoms with E-state index in [0.29, 0.717) is 0 Å². The van der Waals surface area contributed by atoms with Crippen LogP contribution in [0.5, 0.6) is 0 Å². The standard InChI is InChI=1S/C14H18BrF2NO/c15-10-6-7-11(16)9(14(10)17)8-18-12-4-2-1-3-5-13(12)19/h6-7,12-13,18-19H,1-5,8H2. The number of halogens is 3. The third kappa shape index (κ3) is 3.74. The predicted molar refractivity (Wildman–Crippen MR) is 73.8 cm³/mol. The third-order valence-electron chi connectivity index (χ3n) is 3.66. The maximum absolute atomic E-state index is 13.8. The van der Waals surface area contributed by atoms with Gasteiger partial charge in [0.2, 0.25) is 0 Å². The quantitative estimate of drug-likeness (QED) is 0.655. The van der Waals surface area contributed by atoms with Crippen molar-refractivity contribution < 1.29 is 13.9 Å². The van der Waals surface area contributed by atoms with Crippen molar-refractivity contribution in [2.24, 2.45) is 0 Å². The first-order valence-corrected chi connectivity index (χ1v) is 7.42. The summed E-state index contributed by atoms with van der Waals surface area (Å²) >= 11 is 3.05. The third-order valence-corrected chi connectivity index (χ3v) is 4.27. The van der Waals surface area contributed by atoms with Crippen LogP contribution in [0.2, 0.25) is 0 Å². The second-order valence-corrected chi connectivity index (χ2v) is 5.87. The van der Waals surface area contributed by atoms with Crippen LogP contribution < -0.4 is 5.32 Å². The molecule has 2 N–H and O–H groups in total. The Balaban J connectivity index is 2.03. The van der Waals surface area contributed by atoms with Gasteiger partial charge in [-0.15, -0.1) is 0 Å². The van der Waals surface area contributed by atoms with Gasteiger partial charge in [0, 0.05) is 18.2 Å². The minimum absolute atomic E-state index is 0.0193. The number of hydrogen-bond donors (Lipinski definition) is 2. The van der Waals surface area contributed by atoms with E-state index < -0.39 is 17.7 Å². The summed E-state index contributed by atoms with van der Waals surface area (Å²) in [7, 11) is 0. The van der Waals surface area contributed by atoms with Gasteiger partial charge in [0.15, 0.2) is 0 Å². The summed E-state index contributed by atoms with van der Waals surface area (Å²) in [4.78, 5) is 0. The van der Waals surface area contributed by atoms with E-state index in [0.717, 1.165) is 32.1 Å². The summed E-state index contributed by atoms with van der Waals surface area (Å²) in [5.41, 5.74) is 0.0193. The van der Waals surface area contributed by atoms with Crippen LogP contribution in [0.15, 0.2) is 16.6 Å². The van der Waals surface area contributed by atoms with Gasteiger partial charge < -0.3 is 10.4 Å². The van der Waals surface area contributed by atoms with E-state index in [4.69, 9.17) is 0 Å². The van der Waals surface area contributed by atoms with E-state index in [9.17, 15) is 13.9 Å². The van der Waals surface area contributed by atoms with Crippen LogP contribution in [0.1, 0.15) is 37.7 Å². The Morgan fingerprint density at radius 3 is 2.74 bits per heavy atom. The van der Waals surface area contributed by atoms with Crippen LogP contribution in [-0.2, 0) is 6.54 Å². The highest BCUT2D eigenvalue weighted by molar-refractivity contribution is 9.10. The molecule has 1 saturated carbocycles. The highest BCUT2D eigenvalue weighted by atomic mass is 79.9. The van der Waals surface area contributed by atoms with Crippen LogP contribution >= 0.6 is 15.9 Å². The lowest BCUT2D eigenvalue weighted by Gasteiger charge is -2.22. The largest absolute Gasteiger partial charge is 0.392 e. The van der Waals surface area contributed by atoms with Crippen molar-refractivity contribution in [3.63, 3.8) is 0 Å². The van der Waals surface area contributed by atoms with E-state index >= 15 is 0 Å². The molecule has 1 aliphatic carbocycles. The van der Waals surface area contributed by atoms with Gasteiger partial charge in [0.1, 0.15) is 11.6 Å². The predicted octanol–water partition coefficient (Wildman–Crippen LogP) is 3.51.